The van der Waals surface area contributed by atoms with E-state index in [2.05, 4.69) is 0 Å². The topological polar surface area (TPSA) is 73.6 Å². The number of nitrogen functional groups attached to an aromatic ring is 1. The monoisotopic (exact) mass is 157 g/mol. The van der Waals surface area contributed by atoms with Gasteiger partial charge in [0.25, 0.3) is 0 Å². The molecule has 0 atom stereocenters. The highest BCUT2D eigenvalue weighted by Crippen LogP contribution is 2.17. The van der Waals surface area contributed by atoms with Crippen molar-refractivity contribution in [3.8, 4) is 12.1 Å². The van der Waals surface area contributed by atoms with Crippen molar-refractivity contribution in [3.63, 3.8) is 0 Å². The summed E-state index contributed by atoms with van der Waals surface area (Å²) in [4.78, 5) is 0. The lowest BCUT2D eigenvalue weighted by molar-refractivity contribution is 1.39. The molecular formula is C9H7N3. The highest BCUT2D eigenvalue weighted by molar-refractivity contribution is 5.61. The Morgan fingerprint density at radius 2 is 1.92 bits per heavy atom. The van der Waals surface area contributed by atoms with Crippen LogP contribution in [0.5, 0.6) is 0 Å². The van der Waals surface area contributed by atoms with Gasteiger partial charge < -0.3 is 5.73 Å². The van der Waals surface area contributed by atoms with E-state index < -0.39 is 0 Å². The summed E-state index contributed by atoms with van der Waals surface area (Å²) >= 11 is 0. The molecule has 0 spiro atoms. The normalized spacial score (nSPS) is 8.58. The predicted octanol–water partition coefficient (Wildman–Crippen LogP) is 1.32. The fourth-order valence-corrected chi connectivity index (χ4v) is 0.955. The molecule has 1 rings (SSSR count). The number of rotatable bonds is 0. The number of nitrogens with two attached hydrogens (primary N) is 1. The van der Waals surface area contributed by atoms with Gasteiger partial charge in [-0.1, -0.05) is 0 Å². The molecule has 2 N–H and O–H groups in total. The molecule has 0 amide bonds. The smallest absolute Gasteiger partial charge is 0.101 e. The Morgan fingerprint density at radius 3 is 2.42 bits per heavy atom. The first-order valence-corrected chi connectivity index (χ1v) is 3.39. The molecule has 0 aliphatic rings. The Kier molecular flexibility index (Phi) is 1.98. The van der Waals surface area contributed by atoms with Gasteiger partial charge in [-0.05, 0) is 24.6 Å². The molecule has 0 fully saturated rings. The molecule has 0 aliphatic carbocycles. The molecule has 0 aliphatic heterocycles. The Balaban J connectivity index is 3.44. The van der Waals surface area contributed by atoms with Crippen LogP contribution >= 0.6 is 0 Å². The van der Waals surface area contributed by atoms with Crippen molar-refractivity contribution in [2.24, 2.45) is 0 Å². The third kappa shape index (κ3) is 1.21. The van der Waals surface area contributed by atoms with Crippen LogP contribution in [0.1, 0.15) is 16.7 Å². The van der Waals surface area contributed by atoms with E-state index in [0.717, 1.165) is 5.56 Å². The summed E-state index contributed by atoms with van der Waals surface area (Å²) in [5, 5.41) is 17.2. The van der Waals surface area contributed by atoms with Crippen LogP contribution in [0.2, 0.25) is 0 Å². The fraction of sp³-hybridized carbons (Fsp3) is 0.111. The van der Waals surface area contributed by atoms with E-state index in [4.69, 9.17) is 16.3 Å². The van der Waals surface area contributed by atoms with Crippen molar-refractivity contribution in [2.45, 2.75) is 6.92 Å². The first-order chi connectivity index (χ1) is 5.69. The molecule has 0 unspecified atom stereocenters. The minimum absolute atomic E-state index is 0.367. The zero-order valence-corrected chi connectivity index (χ0v) is 6.63. The molecular weight excluding hydrogens is 150 g/mol. The summed E-state index contributed by atoms with van der Waals surface area (Å²) in [7, 11) is 0. The molecule has 1 aromatic carbocycles. The van der Waals surface area contributed by atoms with E-state index in [1.54, 1.807) is 13.0 Å². The maximum Gasteiger partial charge on any atom is 0.101 e. The van der Waals surface area contributed by atoms with Gasteiger partial charge in [0.2, 0.25) is 0 Å². The van der Waals surface area contributed by atoms with E-state index >= 15 is 0 Å². The summed E-state index contributed by atoms with van der Waals surface area (Å²) in [6.07, 6.45) is 0. The number of nitrogens with zero attached hydrogens (tertiary/aromatic N) is 2. The third-order valence-corrected chi connectivity index (χ3v) is 1.64. The third-order valence-electron chi connectivity index (χ3n) is 1.64. The van der Waals surface area contributed by atoms with Gasteiger partial charge in [-0.3, -0.25) is 0 Å². The van der Waals surface area contributed by atoms with E-state index in [0.29, 0.717) is 16.8 Å². The number of aryl methyl sites for hydroxylation is 1. The molecule has 0 saturated heterocycles. The molecule has 0 saturated carbocycles. The molecule has 0 radical (unpaired) electrons. The van der Waals surface area contributed by atoms with E-state index in [9.17, 15) is 0 Å². The van der Waals surface area contributed by atoms with Crippen molar-refractivity contribution in [2.75, 3.05) is 5.73 Å². The second-order valence-corrected chi connectivity index (χ2v) is 2.48. The van der Waals surface area contributed by atoms with Crippen LogP contribution < -0.4 is 5.73 Å². The van der Waals surface area contributed by atoms with Crippen LogP contribution in [0.3, 0.4) is 0 Å². The maximum absolute atomic E-state index is 8.62. The summed E-state index contributed by atoms with van der Waals surface area (Å²) < 4.78 is 0. The van der Waals surface area contributed by atoms with Crippen LogP contribution in [0.4, 0.5) is 5.69 Å². The van der Waals surface area contributed by atoms with Crippen LogP contribution in [-0.4, -0.2) is 0 Å². The highest BCUT2D eigenvalue weighted by atomic mass is 14.6. The number of hydrogen-bond donors (Lipinski definition) is 1. The molecule has 0 aromatic heterocycles. The lowest BCUT2D eigenvalue weighted by Gasteiger charge is -2.01. The summed E-state index contributed by atoms with van der Waals surface area (Å²) in [5.41, 5.74) is 7.65. The van der Waals surface area contributed by atoms with Crippen LogP contribution in [0.15, 0.2) is 12.1 Å². The largest absolute Gasteiger partial charge is 0.397 e. The lowest BCUT2D eigenvalue weighted by atomic mass is 10.1. The maximum atomic E-state index is 8.62. The fourth-order valence-electron chi connectivity index (χ4n) is 0.955. The van der Waals surface area contributed by atoms with Gasteiger partial charge in [0.1, 0.15) is 6.07 Å². The number of hydrogen-bond acceptors (Lipinski definition) is 3. The van der Waals surface area contributed by atoms with Gasteiger partial charge in [-0.2, -0.15) is 10.5 Å². The number of benzene rings is 1. The first-order valence-electron chi connectivity index (χ1n) is 3.39. The second kappa shape index (κ2) is 2.94. The van der Waals surface area contributed by atoms with E-state index in [1.807, 2.05) is 12.1 Å². The Morgan fingerprint density at radius 1 is 1.25 bits per heavy atom. The van der Waals surface area contributed by atoms with Crippen molar-refractivity contribution in [1.29, 1.82) is 10.5 Å². The SMILES string of the molecule is Cc1cc(C#N)cc(C#N)c1N. The van der Waals surface area contributed by atoms with Crippen LogP contribution in [0, 0.1) is 29.6 Å². The number of nitriles is 2. The molecule has 0 bridgehead atoms. The molecule has 3 heteroatoms. The Bertz CT molecular complexity index is 393. The molecule has 58 valence electrons. The van der Waals surface area contributed by atoms with Gasteiger partial charge in [0.05, 0.1) is 22.9 Å². The second-order valence-electron chi connectivity index (χ2n) is 2.48. The van der Waals surface area contributed by atoms with E-state index in [1.165, 1.54) is 6.07 Å². The number of anilines is 1. The van der Waals surface area contributed by atoms with Gasteiger partial charge >= 0.3 is 0 Å². The minimum atomic E-state index is 0.367. The zero-order chi connectivity index (χ0) is 9.14. The Labute approximate surface area is 70.7 Å². The van der Waals surface area contributed by atoms with Crippen molar-refractivity contribution < 1.29 is 0 Å². The van der Waals surface area contributed by atoms with Gasteiger partial charge in [-0.15, -0.1) is 0 Å². The molecule has 3 nitrogen and oxygen atoms in total. The van der Waals surface area contributed by atoms with Crippen LogP contribution in [0.25, 0.3) is 0 Å². The summed E-state index contributed by atoms with van der Waals surface area (Å²) in [5.74, 6) is 0. The summed E-state index contributed by atoms with van der Waals surface area (Å²) in [6.45, 7) is 1.77. The highest BCUT2D eigenvalue weighted by Gasteiger charge is 2.03. The standard InChI is InChI=1S/C9H7N3/c1-6-2-7(4-10)3-8(5-11)9(6)12/h2-3H,12H2,1H3. The van der Waals surface area contributed by atoms with Crippen molar-refractivity contribution in [1.82, 2.24) is 0 Å². The molecule has 1 aromatic rings. The van der Waals surface area contributed by atoms with E-state index in [-0.39, 0.29) is 0 Å². The average molecular weight is 157 g/mol. The quantitative estimate of drug-likeness (QED) is 0.577. The van der Waals surface area contributed by atoms with Gasteiger partial charge in [0, 0.05) is 0 Å². The van der Waals surface area contributed by atoms with Crippen molar-refractivity contribution in [3.05, 3.63) is 28.8 Å². The first kappa shape index (κ1) is 8.10. The lowest BCUT2D eigenvalue weighted by Crippen LogP contribution is -1.94. The predicted molar refractivity (Wildman–Crippen MR) is 45.0 cm³/mol. The average Bonchev–Trinajstić information content (AvgIpc) is 2.09. The van der Waals surface area contributed by atoms with Crippen LogP contribution in [-0.2, 0) is 0 Å². The molecule has 0 heterocycles. The van der Waals surface area contributed by atoms with Gasteiger partial charge in [-0.25, -0.2) is 0 Å². The minimum Gasteiger partial charge on any atom is -0.397 e. The Hall–Kier alpha value is -2.00. The zero-order valence-electron chi connectivity index (χ0n) is 6.63. The van der Waals surface area contributed by atoms with Gasteiger partial charge in [0.15, 0.2) is 0 Å². The summed E-state index contributed by atoms with van der Waals surface area (Å²) in [6, 6.07) is 7.05. The van der Waals surface area contributed by atoms with Crippen molar-refractivity contribution >= 4 is 5.69 Å². The molecule has 12 heavy (non-hydrogen) atoms.